The van der Waals surface area contributed by atoms with E-state index >= 15 is 0 Å². The zero-order chi connectivity index (χ0) is 31.2. The van der Waals surface area contributed by atoms with Gasteiger partial charge < -0.3 is 30.5 Å². The molecule has 4 N–H and O–H groups in total. The van der Waals surface area contributed by atoms with Crippen molar-refractivity contribution in [3.8, 4) is 0 Å². The standard InChI is InChI=1S/C32H47N3O7/c1-6-13-24(19-27(37)35-32(22-36)17-11-12-18-32)28(38)34-26(31(3,4)5)21-41-29(39)25(14-7-2)33-30(40)42-20-23-15-9-8-10-16-23/h6-10,15-16,24-26,36H,1-2,11-14,17-22H2,3-5H3,(H,33,40)(H,34,38)(H,35,37)/t24-,25-,26-/m1/s1. The third-order valence-corrected chi connectivity index (χ3v) is 7.47. The Kier molecular flexibility index (Phi) is 13.7. The molecule has 0 aromatic heterocycles. The van der Waals surface area contributed by atoms with Crippen molar-refractivity contribution in [2.24, 2.45) is 11.3 Å². The van der Waals surface area contributed by atoms with Crippen LogP contribution in [0.15, 0.2) is 55.6 Å². The third-order valence-electron chi connectivity index (χ3n) is 7.47. The van der Waals surface area contributed by atoms with Crippen LogP contribution in [0.2, 0.25) is 0 Å². The number of carbonyl (C=O) groups excluding carboxylic acids is 4. The highest BCUT2D eigenvalue weighted by molar-refractivity contribution is 5.86. The molecule has 1 aromatic carbocycles. The summed E-state index contributed by atoms with van der Waals surface area (Å²) in [6.45, 7) is 12.8. The van der Waals surface area contributed by atoms with Gasteiger partial charge in [0, 0.05) is 6.42 Å². The number of allylic oxidation sites excluding steroid dienone is 1. The van der Waals surface area contributed by atoms with Crippen molar-refractivity contribution in [2.45, 2.75) is 89.9 Å². The number of alkyl carbamates (subject to hydrolysis) is 1. The number of ether oxygens (including phenoxy) is 2. The van der Waals surface area contributed by atoms with Crippen molar-refractivity contribution in [1.82, 2.24) is 16.0 Å². The zero-order valence-corrected chi connectivity index (χ0v) is 25.2. The monoisotopic (exact) mass is 585 g/mol. The molecule has 0 radical (unpaired) electrons. The van der Waals surface area contributed by atoms with E-state index in [0.29, 0.717) is 12.8 Å². The Bertz CT molecular complexity index is 1060. The Morgan fingerprint density at radius 1 is 1.00 bits per heavy atom. The summed E-state index contributed by atoms with van der Waals surface area (Å²) in [5.41, 5.74) is -0.325. The molecule has 0 heterocycles. The molecule has 1 aliphatic carbocycles. The maximum atomic E-state index is 13.3. The number of carbonyl (C=O) groups is 4. The molecule has 3 atom stereocenters. The fourth-order valence-corrected chi connectivity index (χ4v) is 4.78. The molecule has 2 rings (SSSR count). The first-order chi connectivity index (χ1) is 19.9. The molecule has 0 bridgehead atoms. The molecular formula is C32H47N3O7. The highest BCUT2D eigenvalue weighted by atomic mass is 16.6. The van der Waals surface area contributed by atoms with Crippen LogP contribution in [0.5, 0.6) is 0 Å². The summed E-state index contributed by atoms with van der Waals surface area (Å²) in [4.78, 5) is 51.4. The number of hydrogen-bond acceptors (Lipinski definition) is 7. The van der Waals surface area contributed by atoms with Crippen LogP contribution in [0.1, 0.15) is 71.3 Å². The number of esters is 1. The number of amides is 3. The molecule has 10 nitrogen and oxygen atoms in total. The SMILES string of the molecule is C=CC[C@H](CC(=O)NC1(CO)CCCC1)C(=O)N[C@H](COC(=O)[C@@H](CC=C)NC(=O)OCc1ccccc1)C(C)(C)C. The minimum Gasteiger partial charge on any atom is -0.462 e. The van der Waals surface area contributed by atoms with Crippen molar-refractivity contribution in [3.63, 3.8) is 0 Å². The number of hydrogen-bond donors (Lipinski definition) is 4. The first-order valence-electron chi connectivity index (χ1n) is 14.5. The summed E-state index contributed by atoms with van der Waals surface area (Å²) in [7, 11) is 0. The van der Waals surface area contributed by atoms with E-state index in [2.05, 4.69) is 29.1 Å². The van der Waals surface area contributed by atoms with E-state index in [9.17, 15) is 24.3 Å². The molecule has 0 spiro atoms. The van der Waals surface area contributed by atoms with Crippen molar-refractivity contribution >= 4 is 23.9 Å². The predicted octanol–water partition coefficient (Wildman–Crippen LogP) is 3.94. The van der Waals surface area contributed by atoms with E-state index in [1.54, 1.807) is 6.08 Å². The Morgan fingerprint density at radius 2 is 1.64 bits per heavy atom. The predicted molar refractivity (Wildman–Crippen MR) is 160 cm³/mol. The Morgan fingerprint density at radius 3 is 2.21 bits per heavy atom. The lowest BCUT2D eigenvalue weighted by Gasteiger charge is -2.33. The number of rotatable bonds is 16. The number of aliphatic hydroxyl groups excluding tert-OH is 1. The van der Waals surface area contributed by atoms with Gasteiger partial charge in [0.15, 0.2) is 0 Å². The summed E-state index contributed by atoms with van der Waals surface area (Å²) < 4.78 is 10.8. The molecule has 232 valence electrons. The summed E-state index contributed by atoms with van der Waals surface area (Å²) >= 11 is 0. The lowest BCUT2D eigenvalue weighted by molar-refractivity contribution is -0.148. The van der Waals surface area contributed by atoms with Gasteiger partial charge in [-0.15, -0.1) is 13.2 Å². The van der Waals surface area contributed by atoms with E-state index in [0.717, 1.165) is 18.4 Å². The van der Waals surface area contributed by atoms with Crippen molar-refractivity contribution in [1.29, 1.82) is 0 Å². The minimum absolute atomic E-state index is 0.0472. The van der Waals surface area contributed by atoms with Gasteiger partial charge in [0.25, 0.3) is 0 Å². The van der Waals surface area contributed by atoms with Crippen LogP contribution < -0.4 is 16.0 Å². The quantitative estimate of drug-likeness (QED) is 0.170. The molecule has 42 heavy (non-hydrogen) atoms. The third kappa shape index (κ3) is 11.3. The summed E-state index contributed by atoms with van der Waals surface area (Å²) in [5, 5.41) is 18.2. The average molecular weight is 586 g/mol. The summed E-state index contributed by atoms with van der Waals surface area (Å²) in [6.07, 6.45) is 5.92. The van der Waals surface area contributed by atoms with E-state index in [1.165, 1.54) is 6.08 Å². The van der Waals surface area contributed by atoms with E-state index in [-0.39, 0.29) is 50.9 Å². The topological polar surface area (TPSA) is 143 Å². The number of nitrogens with one attached hydrogen (secondary N) is 3. The molecule has 1 aliphatic rings. The maximum Gasteiger partial charge on any atom is 0.408 e. The van der Waals surface area contributed by atoms with Crippen LogP contribution in [0.4, 0.5) is 4.79 Å². The molecule has 0 aliphatic heterocycles. The molecule has 0 saturated heterocycles. The minimum atomic E-state index is -1.02. The van der Waals surface area contributed by atoms with E-state index in [4.69, 9.17) is 9.47 Å². The molecule has 0 unspecified atom stereocenters. The largest absolute Gasteiger partial charge is 0.462 e. The normalized spacial score (nSPS) is 16.3. The lowest BCUT2D eigenvalue weighted by atomic mass is 9.86. The van der Waals surface area contributed by atoms with Crippen LogP contribution in [0.25, 0.3) is 0 Å². The average Bonchev–Trinajstić information content (AvgIpc) is 3.42. The second-order valence-corrected chi connectivity index (χ2v) is 12.0. The lowest BCUT2D eigenvalue weighted by Crippen LogP contribution is -2.52. The maximum absolute atomic E-state index is 13.3. The number of aliphatic hydroxyl groups is 1. The van der Waals surface area contributed by atoms with Crippen molar-refractivity contribution in [3.05, 3.63) is 61.2 Å². The number of benzene rings is 1. The molecule has 3 amide bonds. The van der Waals surface area contributed by atoms with E-state index in [1.807, 2.05) is 51.1 Å². The van der Waals surface area contributed by atoms with Crippen LogP contribution in [0, 0.1) is 11.3 Å². The van der Waals surface area contributed by atoms with Gasteiger partial charge in [0.2, 0.25) is 11.8 Å². The smallest absolute Gasteiger partial charge is 0.408 e. The summed E-state index contributed by atoms with van der Waals surface area (Å²) in [5.74, 6) is -2.04. The second-order valence-electron chi connectivity index (χ2n) is 12.0. The van der Waals surface area contributed by atoms with Gasteiger partial charge in [0.05, 0.1) is 24.1 Å². The van der Waals surface area contributed by atoms with Gasteiger partial charge in [-0.3, -0.25) is 9.59 Å². The second kappa shape index (κ2) is 16.7. The first-order valence-corrected chi connectivity index (χ1v) is 14.5. The molecule has 1 fully saturated rings. The highest BCUT2D eigenvalue weighted by Gasteiger charge is 2.36. The van der Waals surface area contributed by atoms with Gasteiger partial charge >= 0.3 is 12.1 Å². The fraction of sp³-hybridized carbons (Fsp3) is 0.562. The van der Waals surface area contributed by atoms with Gasteiger partial charge in [0.1, 0.15) is 19.3 Å². The molecule has 1 aromatic rings. The van der Waals surface area contributed by atoms with Crippen LogP contribution in [0.3, 0.4) is 0 Å². The highest BCUT2D eigenvalue weighted by Crippen LogP contribution is 2.29. The first kappa shape index (κ1) is 34.5. The summed E-state index contributed by atoms with van der Waals surface area (Å²) in [6, 6.07) is 7.54. The van der Waals surface area contributed by atoms with Gasteiger partial charge in [-0.05, 0) is 36.7 Å². The van der Waals surface area contributed by atoms with Crippen molar-refractivity contribution < 1.29 is 33.8 Å². The van der Waals surface area contributed by atoms with Crippen molar-refractivity contribution in [2.75, 3.05) is 13.2 Å². The van der Waals surface area contributed by atoms with Crippen LogP contribution in [-0.4, -0.2) is 59.8 Å². The zero-order valence-electron chi connectivity index (χ0n) is 25.2. The Labute approximate surface area is 249 Å². The molecular weight excluding hydrogens is 538 g/mol. The van der Waals surface area contributed by atoms with Gasteiger partial charge in [-0.2, -0.15) is 0 Å². The van der Waals surface area contributed by atoms with Crippen LogP contribution >= 0.6 is 0 Å². The Balaban J connectivity index is 1.98. The Hall–Kier alpha value is -3.66. The van der Waals surface area contributed by atoms with Gasteiger partial charge in [-0.1, -0.05) is 76.1 Å². The molecule has 1 saturated carbocycles. The van der Waals surface area contributed by atoms with Crippen LogP contribution in [-0.2, 0) is 30.5 Å². The van der Waals surface area contributed by atoms with Gasteiger partial charge in [-0.25, -0.2) is 9.59 Å². The van der Waals surface area contributed by atoms with E-state index < -0.39 is 41.0 Å². The molecule has 10 heteroatoms. The fourth-order valence-electron chi connectivity index (χ4n) is 4.78.